The summed E-state index contributed by atoms with van der Waals surface area (Å²) in [6, 6.07) is 2.45. The number of nitro benzene ring substituents is 1. The van der Waals surface area contributed by atoms with Crippen molar-refractivity contribution < 1.29 is 13.3 Å². The fourth-order valence-corrected chi connectivity index (χ4v) is 3.97. The summed E-state index contributed by atoms with van der Waals surface area (Å²) in [4.78, 5) is 10.4. The normalized spacial score (nSPS) is 13.0. The van der Waals surface area contributed by atoms with E-state index in [1.54, 1.807) is 13.8 Å². The third kappa shape index (κ3) is 2.89. The minimum Gasteiger partial charge on any atom is -0.258 e. The molecule has 0 saturated carbocycles. The number of hydrogen-bond donors (Lipinski definition) is 0. The molecule has 0 aliphatic heterocycles. The second-order valence-corrected chi connectivity index (χ2v) is 6.83. The number of benzene rings is 1. The molecule has 114 valence electrons. The molecule has 7 nitrogen and oxygen atoms in total. The minimum atomic E-state index is -3.98. The molecule has 0 radical (unpaired) electrons. The molecule has 0 amide bonds. The molecule has 0 spiro atoms. The van der Waals surface area contributed by atoms with Crippen LogP contribution in [0.4, 0.5) is 5.69 Å². The van der Waals surface area contributed by atoms with Crippen molar-refractivity contribution in [1.29, 1.82) is 5.26 Å². The van der Waals surface area contributed by atoms with E-state index in [-0.39, 0.29) is 16.1 Å². The first-order chi connectivity index (χ1) is 9.55. The molecule has 0 aliphatic carbocycles. The highest BCUT2D eigenvalue weighted by molar-refractivity contribution is 7.89. The van der Waals surface area contributed by atoms with Crippen molar-refractivity contribution in [3.8, 4) is 6.07 Å². The molecular formula is C13H17N3O4S. The Balaban J connectivity index is 3.70. The molecule has 0 saturated heterocycles. The summed E-state index contributed by atoms with van der Waals surface area (Å²) in [6.07, 6.45) is 0. The number of aryl methyl sites for hydroxylation is 2. The Morgan fingerprint density at radius 1 is 1.33 bits per heavy atom. The van der Waals surface area contributed by atoms with Crippen molar-refractivity contribution in [2.45, 2.75) is 38.6 Å². The summed E-state index contributed by atoms with van der Waals surface area (Å²) in [7, 11) is -2.69. The van der Waals surface area contributed by atoms with Crippen molar-refractivity contribution in [2.75, 3.05) is 7.05 Å². The van der Waals surface area contributed by atoms with Crippen LogP contribution in [0.3, 0.4) is 0 Å². The van der Waals surface area contributed by atoms with Gasteiger partial charge >= 0.3 is 0 Å². The lowest BCUT2D eigenvalue weighted by Gasteiger charge is -2.22. The van der Waals surface area contributed by atoms with Crippen LogP contribution in [0, 0.1) is 42.2 Å². The van der Waals surface area contributed by atoms with Crippen LogP contribution in [-0.4, -0.2) is 30.7 Å². The van der Waals surface area contributed by atoms with Crippen LogP contribution in [0.1, 0.15) is 23.6 Å². The van der Waals surface area contributed by atoms with E-state index in [0.29, 0.717) is 11.1 Å². The van der Waals surface area contributed by atoms with Gasteiger partial charge in [-0.3, -0.25) is 10.1 Å². The summed E-state index contributed by atoms with van der Waals surface area (Å²) in [5.74, 6) is 0. The quantitative estimate of drug-likeness (QED) is 0.625. The second-order valence-electron chi connectivity index (χ2n) is 4.90. The van der Waals surface area contributed by atoms with Gasteiger partial charge in [0.2, 0.25) is 10.0 Å². The Labute approximate surface area is 124 Å². The lowest BCUT2D eigenvalue weighted by atomic mass is 10.1. The SMILES string of the molecule is Cc1cc(C)c(S(=O)(=O)N(C)C(C)C#N)c(C)c1[N+](=O)[O-]. The predicted molar refractivity (Wildman–Crippen MR) is 77.3 cm³/mol. The highest BCUT2D eigenvalue weighted by atomic mass is 32.2. The van der Waals surface area contributed by atoms with Crippen molar-refractivity contribution in [2.24, 2.45) is 0 Å². The molecule has 1 atom stereocenters. The Morgan fingerprint density at radius 3 is 2.29 bits per heavy atom. The van der Waals surface area contributed by atoms with Crippen molar-refractivity contribution in [3.63, 3.8) is 0 Å². The maximum Gasteiger partial charge on any atom is 0.276 e. The maximum atomic E-state index is 12.6. The van der Waals surface area contributed by atoms with E-state index in [4.69, 9.17) is 5.26 Å². The second kappa shape index (κ2) is 5.79. The number of hydrogen-bond acceptors (Lipinski definition) is 5. The molecule has 8 heteroatoms. The van der Waals surface area contributed by atoms with Crippen molar-refractivity contribution in [1.82, 2.24) is 4.31 Å². The summed E-state index contributed by atoms with van der Waals surface area (Å²) in [5, 5.41) is 20.0. The highest BCUT2D eigenvalue weighted by Crippen LogP contribution is 2.33. The summed E-state index contributed by atoms with van der Waals surface area (Å²) >= 11 is 0. The van der Waals surface area contributed by atoms with Gasteiger partial charge in [0.25, 0.3) is 5.69 Å². The first-order valence-electron chi connectivity index (χ1n) is 6.18. The smallest absolute Gasteiger partial charge is 0.258 e. The summed E-state index contributed by atoms with van der Waals surface area (Å²) in [6.45, 7) is 6.01. The highest BCUT2D eigenvalue weighted by Gasteiger charge is 2.32. The Kier molecular flexibility index (Phi) is 4.71. The van der Waals surface area contributed by atoms with E-state index in [0.717, 1.165) is 4.31 Å². The molecule has 1 rings (SSSR count). The molecule has 0 heterocycles. The molecule has 21 heavy (non-hydrogen) atoms. The van der Waals surface area contributed by atoms with Crippen molar-refractivity contribution in [3.05, 3.63) is 32.9 Å². The van der Waals surface area contributed by atoms with Crippen LogP contribution in [0.25, 0.3) is 0 Å². The molecule has 0 bridgehead atoms. The van der Waals surface area contributed by atoms with Gasteiger partial charge in [-0.05, 0) is 39.3 Å². The molecule has 1 aromatic carbocycles. The van der Waals surface area contributed by atoms with Gasteiger partial charge in [-0.25, -0.2) is 8.42 Å². The molecule has 0 aromatic heterocycles. The van der Waals surface area contributed by atoms with Gasteiger partial charge < -0.3 is 0 Å². The topological polar surface area (TPSA) is 104 Å². The van der Waals surface area contributed by atoms with E-state index in [9.17, 15) is 18.5 Å². The molecule has 0 fully saturated rings. The number of nitriles is 1. The Bertz CT molecular complexity index is 735. The van der Waals surface area contributed by atoms with E-state index in [1.165, 1.54) is 27.0 Å². The third-order valence-electron chi connectivity index (χ3n) is 3.41. The van der Waals surface area contributed by atoms with Gasteiger partial charge in [0.05, 0.1) is 15.9 Å². The van der Waals surface area contributed by atoms with Crippen LogP contribution in [0.15, 0.2) is 11.0 Å². The fraction of sp³-hybridized carbons (Fsp3) is 0.462. The average molecular weight is 311 g/mol. The molecule has 1 unspecified atom stereocenters. The van der Waals surface area contributed by atoms with Gasteiger partial charge in [-0.1, -0.05) is 0 Å². The van der Waals surface area contributed by atoms with Gasteiger partial charge in [-0.2, -0.15) is 9.57 Å². The van der Waals surface area contributed by atoms with Crippen LogP contribution < -0.4 is 0 Å². The van der Waals surface area contributed by atoms with E-state index < -0.39 is 21.0 Å². The molecule has 0 N–H and O–H groups in total. The van der Waals surface area contributed by atoms with Crippen LogP contribution in [0.5, 0.6) is 0 Å². The molecule has 1 aromatic rings. The average Bonchev–Trinajstić information content (AvgIpc) is 2.35. The zero-order valence-electron chi connectivity index (χ0n) is 12.5. The van der Waals surface area contributed by atoms with Crippen LogP contribution in [-0.2, 0) is 10.0 Å². The van der Waals surface area contributed by atoms with Gasteiger partial charge in [0.15, 0.2) is 0 Å². The van der Waals surface area contributed by atoms with Crippen LogP contribution in [0.2, 0.25) is 0 Å². The maximum absolute atomic E-state index is 12.6. The standard InChI is InChI=1S/C13H17N3O4S/c1-8-6-9(2)13(11(4)12(8)16(17)18)21(19,20)15(5)10(3)7-14/h6,10H,1-5H3. The fourth-order valence-electron chi connectivity index (χ4n) is 2.27. The lowest BCUT2D eigenvalue weighted by Crippen LogP contribution is -2.35. The summed E-state index contributed by atoms with van der Waals surface area (Å²) in [5.41, 5.74) is 0.712. The van der Waals surface area contributed by atoms with Gasteiger partial charge in [0.1, 0.15) is 6.04 Å². The third-order valence-corrected chi connectivity index (χ3v) is 5.63. The van der Waals surface area contributed by atoms with Gasteiger partial charge in [0, 0.05) is 18.2 Å². The predicted octanol–water partition coefficient (Wildman–Crippen LogP) is 2.05. The number of sulfonamides is 1. The number of nitrogens with zero attached hydrogens (tertiary/aromatic N) is 3. The first kappa shape index (κ1) is 17.1. The zero-order valence-corrected chi connectivity index (χ0v) is 13.4. The number of nitro groups is 1. The molecular weight excluding hydrogens is 294 g/mol. The monoisotopic (exact) mass is 311 g/mol. The van der Waals surface area contributed by atoms with E-state index >= 15 is 0 Å². The first-order valence-corrected chi connectivity index (χ1v) is 7.62. The van der Waals surface area contributed by atoms with Crippen LogP contribution >= 0.6 is 0 Å². The van der Waals surface area contributed by atoms with Crippen molar-refractivity contribution >= 4 is 15.7 Å². The lowest BCUT2D eigenvalue weighted by molar-refractivity contribution is -0.386. The van der Waals surface area contributed by atoms with E-state index in [2.05, 4.69) is 0 Å². The minimum absolute atomic E-state index is 0.0921. The largest absolute Gasteiger partial charge is 0.276 e. The summed E-state index contributed by atoms with van der Waals surface area (Å²) < 4.78 is 26.1. The van der Waals surface area contributed by atoms with E-state index in [1.807, 2.05) is 6.07 Å². The Hall–Kier alpha value is -1.98. The zero-order chi connectivity index (χ0) is 16.5. The molecule has 0 aliphatic rings. The number of rotatable bonds is 4. The van der Waals surface area contributed by atoms with Gasteiger partial charge in [-0.15, -0.1) is 0 Å². The Morgan fingerprint density at radius 2 is 1.86 bits per heavy atom.